The second kappa shape index (κ2) is 12.1. The molecule has 220 valence electrons. The zero-order valence-corrected chi connectivity index (χ0v) is 24.6. The van der Waals surface area contributed by atoms with Crippen molar-refractivity contribution in [3.8, 4) is 11.1 Å². The molecule has 0 unspecified atom stereocenters. The first-order valence-corrected chi connectivity index (χ1v) is 14.3. The third kappa shape index (κ3) is 6.40. The molecule has 0 spiro atoms. The number of benzene rings is 3. The molecule has 0 bridgehead atoms. The van der Waals surface area contributed by atoms with E-state index >= 15 is 0 Å². The number of alkyl carbamates (subject to hydrolysis) is 1. The first-order chi connectivity index (χ1) is 20.0. The van der Waals surface area contributed by atoms with Crippen molar-refractivity contribution in [1.82, 2.24) is 10.2 Å². The maximum atomic E-state index is 12.8. The highest BCUT2D eigenvalue weighted by molar-refractivity contribution is 6.58. The lowest BCUT2D eigenvalue weighted by Gasteiger charge is -2.37. The Morgan fingerprint density at radius 2 is 1.55 bits per heavy atom. The Balaban J connectivity index is 1.23. The van der Waals surface area contributed by atoms with Crippen LogP contribution in [0, 0.1) is 6.92 Å². The maximum Gasteiger partial charge on any atom is 0.488 e. The normalized spacial score (nSPS) is 14.7. The van der Waals surface area contributed by atoms with E-state index in [4.69, 9.17) is 9.47 Å². The third-order valence-corrected chi connectivity index (χ3v) is 7.85. The van der Waals surface area contributed by atoms with E-state index in [1.165, 1.54) is 0 Å². The van der Waals surface area contributed by atoms with Gasteiger partial charge in [-0.05, 0) is 72.6 Å². The number of anilines is 1. The van der Waals surface area contributed by atoms with Gasteiger partial charge >= 0.3 is 19.3 Å². The number of hydrogen-bond acceptors (Lipinski definition) is 7. The molecule has 1 aliphatic carbocycles. The number of hydrogen-bond donors (Lipinski definition) is 3. The molecule has 42 heavy (non-hydrogen) atoms. The molecule has 1 heterocycles. The number of carbonyl (C=O) groups is 2. The van der Waals surface area contributed by atoms with Crippen LogP contribution in [0.4, 0.5) is 15.3 Å². The molecule has 5 rings (SSSR count). The van der Waals surface area contributed by atoms with Crippen LogP contribution in [0.5, 0.6) is 0 Å². The minimum atomic E-state index is -1.67. The van der Waals surface area contributed by atoms with Gasteiger partial charge < -0.3 is 34.6 Å². The van der Waals surface area contributed by atoms with Gasteiger partial charge in [0.15, 0.2) is 0 Å². The average molecular weight is 571 g/mol. The van der Waals surface area contributed by atoms with Crippen LogP contribution in [0.1, 0.15) is 48.9 Å². The Bertz CT molecular complexity index is 1420. The molecule has 0 aromatic heterocycles. The number of carbonyl (C=O) groups excluding carboxylic acids is 2. The van der Waals surface area contributed by atoms with Gasteiger partial charge in [0.1, 0.15) is 12.2 Å². The molecule has 2 amide bonds. The van der Waals surface area contributed by atoms with Gasteiger partial charge in [0.2, 0.25) is 0 Å². The maximum absolute atomic E-state index is 12.8. The van der Waals surface area contributed by atoms with E-state index in [0.29, 0.717) is 31.6 Å². The quantitative estimate of drug-likeness (QED) is 0.387. The summed E-state index contributed by atoms with van der Waals surface area (Å²) in [4.78, 5) is 29.1. The van der Waals surface area contributed by atoms with E-state index in [2.05, 4.69) is 34.5 Å². The van der Waals surface area contributed by atoms with Crippen molar-refractivity contribution in [1.29, 1.82) is 0 Å². The molecule has 1 saturated heterocycles. The lowest BCUT2D eigenvalue weighted by atomic mass is 9.78. The van der Waals surface area contributed by atoms with E-state index in [0.717, 1.165) is 39.1 Å². The van der Waals surface area contributed by atoms with Crippen LogP contribution in [0.15, 0.2) is 60.7 Å². The Morgan fingerprint density at radius 1 is 0.952 bits per heavy atom. The standard InChI is InChI=1S/C32H38BN3O6/c1-21-22(17-23(33(39)40)18-29(21)35-13-15-36(16-14-35)31(38)42-32(2,3)4)19-34-30(37)41-20-28-26-11-7-5-9-24(26)25-10-6-8-12-27(25)28/h5-12,17-18,28,39-40H,13-16,19-20H2,1-4H3,(H,34,37). The second-order valence-corrected chi connectivity index (χ2v) is 11.8. The molecule has 9 nitrogen and oxygen atoms in total. The van der Waals surface area contributed by atoms with E-state index < -0.39 is 18.8 Å². The van der Waals surface area contributed by atoms with Crippen LogP contribution >= 0.6 is 0 Å². The molecule has 3 aromatic rings. The Kier molecular flexibility index (Phi) is 8.47. The van der Waals surface area contributed by atoms with Crippen molar-refractivity contribution < 1.29 is 29.1 Å². The lowest BCUT2D eigenvalue weighted by molar-refractivity contribution is 0.0240. The minimum absolute atomic E-state index is 0.0382. The lowest BCUT2D eigenvalue weighted by Crippen LogP contribution is -2.50. The minimum Gasteiger partial charge on any atom is -0.449 e. The highest BCUT2D eigenvalue weighted by atomic mass is 16.6. The number of nitrogens with zero attached hydrogens (tertiary/aromatic N) is 2. The summed E-state index contributed by atoms with van der Waals surface area (Å²) in [5.74, 6) is -0.0382. The predicted octanol–water partition coefficient (Wildman–Crippen LogP) is 3.77. The zero-order chi connectivity index (χ0) is 30.0. The SMILES string of the molecule is Cc1c(CNC(=O)OCC2c3ccccc3-c3ccccc32)cc(B(O)O)cc1N1CCN(C(=O)OC(C)(C)C)CC1. The largest absolute Gasteiger partial charge is 0.488 e. The summed E-state index contributed by atoms with van der Waals surface area (Å²) < 4.78 is 11.2. The smallest absolute Gasteiger partial charge is 0.449 e. The average Bonchev–Trinajstić information content (AvgIpc) is 3.28. The summed E-state index contributed by atoms with van der Waals surface area (Å²) in [6.45, 7) is 9.92. The van der Waals surface area contributed by atoms with Crippen LogP contribution in [0.3, 0.4) is 0 Å². The van der Waals surface area contributed by atoms with Crippen LogP contribution in [-0.4, -0.2) is 72.6 Å². The Morgan fingerprint density at radius 3 is 2.12 bits per heavy atom. The molecule has 3 N–H and O–H groups in total. The Labute approximate surface area is 247 Å². The summed E-state index contributed by atoms with van der Waals surface area (Å²) in [5.41, 5.74) is 6.86. The van der Waals surface area contributed by atoms with E-state index in [9.17, 15) is 19.6 Å². The summed E-state index contributed by atoms with van der Waals surface area (Å²) in [5, 5.41) is 22.8. The highest BCUT2D eigenvalue weighted by Crippen LogP contribution is 2.44. The number of nitrogens with one attached hydrogen (secondary N) is 1. The van der Waals surface area contributed by atoms with Crippen molar-refractivity contribution in [2.45, 2.75) is 45.8 Å². The zero-order valence-electron chi connectivity index (χ0n) is 24.6. The first-order valence-electron chi connectivity index (χ1n) is 14.3. The third-order valence-electron chi connectivity index (χ3n) is 7.85. The van der Waals surface area contributed by atoms with Gasteiger partial charge in [-0.3, -0.25) is 0 Å². The molecule has 1 aliphatic heterocycles. The molecular formula is C32H38BN3O6. The molecule has 2 aliphatic rings. The Hall–Kier alpha value is -4.02. The summed E-state index contributed by atoms with van der Waals surface area (Å²) >= 11 is 0. The number of rotatable bonds is 6. The highest BCUT2D eigenvalue weighted by Gasteiger charge is 2.30. The van der Waals surface area contributed by atoms with Crippen LogP contribution in [0.2, 0.25) is 0 Å². The van der Waals surface area contributed by atoms with Gasteiger partial charge in [-0.15, -0.1) is 0 Å². The van der Waals surface area contributed by atoms with Crippen LogP contribution in [0.25, 0.3) is 11.1 Å². The van der Waals surface area contributed by atoms with Crippen LogP contribution < -0.4 is 15.7 Å². The molecule has 1 fully saturated rings. The fourth-order valence-electron chi connectivity index (χ4n) is 5.72. The molecular weight excluding hydrogens is 533 g/mol. The molecule has 3 aromatic carbocycles. The van der Waals surface area contributed by atoms with Crippen LogP contribution in [-0.2, 0) is 16.0 Å². The summed E-state index contributed by atoms with van der Waals surface area (Å²) in [6.07, 6.45) is -0.884. The van der Waals surface area contributed by atoms with Crippen molar-refractivity contribution in [3.63, 3.8) is 0 Å². The number of ether oxygens (including phenoxy) is 2. The monoisotopic (exact) mass is 571 g/mol. The molecule has 0 radical (unpaired) electrons. The van der Waals surface area contributed by atoms with Gasteiger partial charge in [0.25, 0.3) is 0 Å². The second-order valence-electron chi connectivity index (χ2n) is 11.8. The van der Waals surface area contributed by atoms with E-state index in [1.807, 2.05) is 52.0 Å². The topological polar surface area (TPSA) is 112 Å². The van der Waals surface area contributed by atoms with Gasteiger partial charge in [0, 0.05) is 44.3 Å². The van der Waals surface area contributed by atoms with Crippen molar-refractivity contribution in [3.05, 3.63) is 82.9 Å². The number of amides is 2. The number of fused-ring (bicyclic) bond motifs is 3. The summed E-state index contributed by atoms with van der Waals surface area (Å²) in [7, 11) is -1.67. The summed E-state index contributed by atoms with van der Waals surface area (Å²) in [6, 6.07) is 19.8. The fourth-order valence-corrected chi connectivity index (χ4v) is 5.72. The van der Waals surface area contributed by atoms with Gasteiger partial charge in [-0.1, -0.05) is 54.6 Å². The predicted molar refractivity (Wildman–Crippen MR) is 163 cm³/mol. The van der Waals surface area contributed by atoms with E-state index in [-0.39, 0.29) is 25.2 Å². The first kappa shape index (κ1) is 29.5. The van der Waals surface area contributed by atoms with Gasteiger partial charge in [-0.25, -0.2) is 9.59 Å². The molecule has 0 saturated carbocycles. The van der Waals surface area contributed by atoms with Gasteiger partial charge in [-0.2, -0.15) is 0 Å². The van der Waals surface area contributed by atoms with Crippen molar-refractivity contribution in [2.24, 2.45) is 0 Å². The van der Waals surface area contributed by atoms with Crippen molar-refractivity contribution >= 4 is 30.5 Å². The van der Waals surface area contributed by atoms with E-state index in [1.54, 1.807) is 17.0 Å². The molecule has 0 atom stereocenters. The molecule has 10 heteroatoms. The number of piperazine rings is 1. The fraction of sp³-hybridized carbons (Fsp3) is 0.375. The van der Waals surface area contributed by atoms with Crippen molar-refractivity contribution in [2.75, 3.05) is 37.7 Å². The van der Waals surface area contributed by atoms with Gasteiger partial charge in [0.05, 0.1) is 0 Å².